The quantitative estimate of drug-likeness (QED) is 0.773. The molecule has 0 spiro atoms. The van der Waals surface area contributed by atoms with Crippen LogP contribution in [0.2, 0.25) is 0 Å². The number of Topliss-reactive ketones (excluding diaryl/α,β-unsaturated/α-hetero) is 1. The third-order valence-electron chi connectivity index (χ3n) is 3.37. The Balaban J connectivity index is 2.25. The minimum absolute atomic E-state index is 0.136. The Morgan fingerprint density at radius 1 is 1.33 bits per heavy atom. The first-order valence-corrected chi connectivity index (χ1v) is 6.23. The van der Waals surface area contributed by atoms with Gasteiger partial charge >= 0.3 is 0 Å². The zero-order chi connectivity index (χ0) is 13.1. The number of ketones is 1. The number of aromatic nitrogens is 2. The summed E-state index contributed by atoms with van der Waals surface area (Å²) in [6.07, 6.45) is 4.02. The Bertz CT molecular complexity index is 570. The van der Waals surface area contributed by atoms with E-state index in [1.54, 1.807) is 6.20 Å². The lowest BCUT2D eigenvalue weighted by Gasteiger charge is -2.08. The summed E-state index contributed by atoms with van der Waals surface area (Å²) in [5.74, 6) is 0.973. The van der Waals surface area contributed by atoms with Crippen LogP contribution in [0, 0.1) is 13.8 Å². The lowest BCUT2D eigenvalue weighted by molar-refractivity contribution is 0.0989. The number of rotatable bonds is 4. The van der Waals surface area contributed by atoms with Gasteiger partial charge in [-0.05, 0) is 31.9 Å². The van der Waals surface area contributed by atoms with Crippen molar-refractivity contribution < 1.29 is 4.79 Å². The number of benzene rings is 1. The summed E-state index contributed by atoms with van der Waals surface area (Å²) >= 11 is 0. The van der Waals surface area contributed by atoms with Gasteiger partial charge in [-0.1, -0.05) is 18.2 Å². The summed E-state index contributed by atoms with van der Waals surface area (Å²) in [4.78, 5) is 16.5. The molecule has 1 aromatic heterocycles. The monoisotopic (exact) mass is 242 g/mol. The highest BCUT2D eigenvalue weighted by Crippen LogP contribution is 2.15. The van der Waals surface area contributed by atoms with Crippen molar-refractivity contribution in [3.05, 3.63) is 53.1 Å². The highest BCUT2D eigenvalue weighted by atomic mass is 16.1. The van der Waals surface area contributed by atoms with Gasteiger partial charge in [-0.15, -0.1) is 0 Å². The van der Waals surface area contributed by atoms with E-state index >= 15 is 0 Å². The Morgan fingerprint density at radius 2 is 2.11 bits per heavy atom. The predicted molar refractivity (Wildman–Crippen MR) is 71.9 cm³/mol. The SMILES string of the molecule is CCn1ccnc1CC(=O)c1cccc(C)c1C. The average Bonchev–Trinajstić information content (AvgIpc) is 2.79. The van der Waals surface area contributed by atoms with Crippen LogP contribution in [0.4, 0.5) is 0 Å². The van der Waals surface area contributed by atoms with E-state index in [2.05, 4.69) is 4.98 Å². The molecule has 0 bridgehead atoms. The molecule has 0 atom stereocenters. The van der Waals surface area contributed by atoms with Gasteiger partial charge in [0, 0.05) is 24.5 Å². The Labute approximate surface area is 107 Å². The van der Waals surface area contributed by atoms with Crippen LogP contribution in [0.5, 0.6) is 0 Å². The number of hydrogen-bond donors (Lipinski definition) is 0. The molecule has 3 heteroatoms. The van der Waals surface area contributed by atoms with Crippen molar-refractivity contribution in [2.24, 2.45) is 0 Å². The van der Waals surface area contributed by atoms with E-state index in [-0.39, 0.29) is 5.78 Å². The second-order valence-corrected chi connectivity index (χ2v) is 4.48. The fourth-order valence-corrected chi connectivity index (χ4v) is 2.09. The highest BCUT2D eigenvalue weighted by Gasteiger charge is 2.13. The molecule has 94 valence electrons. The van der Waals surface area contributed by atoms with E-state index in [4.69, 9.17) is 0 Å². The van der Waals surface area contributed by atoms with Gasteiger partial charge in [-0.3, -0.25) is 4.79 Å². The molecule has 18 heavy (non-hydrogen) atoms. The van der Waals surface area contributed by atoms with Crippen molar-refractivity contribution in [3.63, 3.8) is 0 Å². The van der Waals surface area contributed by atoms with Crippen LogP contribution < -0.4 is 0 Å². The second-order valence-electron chi connectivity index (χ2n) is 4.48. The molecule has 0 saturated heterocycles. The van der Waals surface area contributed by atoms with Crippen molar-refractivity contribution in [1.29, 1.82) is 0 Å². The third kappa shape index (κ3) is 2.35. The maximum absolute atomic E-state index is 12.3. The normalized spacial score (nSPS) is 10.6. The largest absolute Gasteiger partial charge is 0.335 e. The molecule has 2 aromatic rings. The number of nitrogens with zero attached hydrogens (tertiary/aromatic N) is 2. The molecule has 1 aromatic carbocycles. The van der Waals surface area contributed by atoms with Crippen molar-refractivity contribution in [1.82, 2.24) is 9.55 Å². The summed E-state index contributed by atoms with van der Waals surface area (Å²) in [6.45, 7) is 6.91. The molecule has 0 aliphatic carbocycles. The van der Waals surface area contributed by atoms with Gasteiger partial charge in [-0.2, -0.15) is 0 Å². The van der Waals surface area contributed by atoms with E-state index in [0.717, 1.165) is 29.1 Å². The van der Waals surface area contributed by atoms with E-state index in [9.17, 15) is 4.79 Å². The number of carbonyl (C=O) groups is 1. The molecule has 0 N–H and O–H groups in total. The van der Waals surface area contributed by atoms with Crippen molar-refractivity contribution >= 4 is 5.78 Å². The number of hydrogen-bond acceptors (Lipinski definition) is 2. The van der Waals surface area contributed by atoms with E-state index in [1.807, 2.05) is 49.7 Å². The molecule has 0 amide bonds. The van der Waals surface area contributed by atoms with Crippen LogP contribution in [0.1, 0.15) is 34.2 Å². The van der Waals surface area contributed by atoms with Gasteiger partial charge in [0.1, 0.15) is 5.82 Å². The first-order valence-electron chi connectivity index (χ1n) is 6.23. The summed E-state index contributed by atoms with van der Waals surface area (Å²) in [6, 6.07) is 5.85. The molecule has 0 aliphatic heterocycles. The van der Waals surface area contributed by atoms with E-state index < -0.39 is 0 Å². The first kappa shape index (κ1) is 12.6. The Morgan fingerprint density at radius 3 is 2.83 bits per heavy atom. The van der Waals surface area contributed by atoms with Gasteiger partial charge in [-0.25, -0.2) is 4.98 Å². The average molecular weight is 242 g/mol. The molecular formula is C15H18N2O. The predicted octanol–water partition coefficient (Wildman–Crippen LogP) is 2.95. The Hall–Kier alpha value is -1.90. The summed E-state index contributed by atoms with van der Waals surface area (Å²) in [7, 11) is 0. The molecule has 0 unspecified atom stereocenters. The number of imidazole rings is 1. The number of carbonyl (C=O) groups excluding carboxylic acids is 1. The van der Waals surface area contributed by atoms with Crippen molar-refractivity contribution in [3.8, 4) is 0 Å². The zero-order valence-corrected chi connectivity index (χ0v) is 11.1. The lowest BCUT2D eigenvalue weighted by atomic mass is 9.98. The van der Waals surface area contributed by atoms with Gasteiger partial charge in [0.05, 0.1) is 6.42 Å². The molecular weight excluding hydrogens is 224 g/mol. The van der Waals surface area contributed by atoms with Crippen LogP contribution in [0.25, 0.3) is 0 Å². The summed E-state index contributed by atoms with van der Waals surface area (Å²) < 4.78 is 2.00. The minimum Gasteiger partial charge on any atom is -0.335 e. The van der Waals surface area contributed by atoms with Crippen molar-refractivity contribution in [2.75, 3.05) is 0 Å². The standard InChI is InChI=1S/C15H18N2O/c1-4-17-9-8-16-15(17)10-14(18)13-7-5-6-11(2)12(13)3/h5-9H,4,10H2,1-3H3. The minimum atomic E-state index is 0.136. The van der Waals surface area contributed by atoms with Crippen LogP contribution in [-0.2, 0) is 13.0 Å². The first-order chi connectivity index (χ1) is 8.63. The maximum Gasteiger partial charge on any atom is 0.170 e. The highest BCUT2D eigenvalue weighted by molar-refractivity contribution is 5.98. The fourth-order valence-electron chi connectivity index (χ4n) is 2.09. The van der Waals surface area contributed by atoms with Crippen LogP contribution in [0.3, 0.4) is 0 Å². The van der Waals surface area contributed by atoms with Gasteiger partial charge in [0.25, 0.3) is 0 Å². The molecule has 0 fully saturated rings. The van der Waals surface area contributed by atoms with Crippen LogP contribution in [0.15, 0.2) is 30.6 Å². The van der Waals surface area contributed by atoms with Crippen LogP contribution >= 0.6 is 0 Å². The molecule has 3 nitrogen and oxygen atoms in total. The van der Waals surface area contributed by atoms with E-state index in [0.29, 0.717) is 6.42 Å². The second kappa shape index (κ2) is 5.17. The molecule has 0 saturated carbocycles. The van der Waals surface area contributed by atoms with Crippen molar-refractivity contribution in [2.45, 2.75) is 33.7 Å². The maximum atomic E-state index is 12.3. The smallest absolute Gasteiger partial charge is 0.170 e. The van der Waals surface area contributed by atoms with Gasteiger partial charge in [0.15, 0.2) is 5.78 Å². The van der Waals surface area contributed by atoms with Gasteiger partial charge in [0.2, 0.25) is 0 Å². The topological polar surface area (TPSA) is 34.9 Å². The fraction of sp³-hybridized carbons (Fsp3) is 0.333. The number of aryl methyl sites for hydroxylation is 2. The third-order valence-corrected chi connectivity index (χ3v) is 3.37. The molecule has 0 radical (unpaired) electrons. The molecule has 2 rings (SSSR count). The Kier molecular flexibility index (Phi) is 3.60. The lowest BCUT2D eigenvalue weighted by Crippen LogP contribution is -2.11. The van der Waals surface area contributed by atoms with E-state index in [1.165, 1.54) is 0 Å². The summed E-state index contributed by atoms with van der Waals surface area (Å²) in [5, 5.41) is 0. The summed E-state index contributed by atoms with van der Waals surface area (Å²) in [5.41, 5.74) is 3.03. The van der Waals surface area contributed by atoms with Crippen LogP contribution in [-0.4, -0.2) is 15.3 Å². The van der Waals surface area contributed by atoms with Gasteiger partial charge < -0.3 is 4.57 Å². The zero-order valence-electron chi connectivity index (χ0n) is 11.1. The molecule has 0 aliphatic rings. The molecule has 1 heterocycles.